The summed E-state index contributed by atoms with van der Waals surface area (Å²) in [6, 6.07) is 5.30. The second kappa shape index (κ2) is 8.96. The number of nitrogens with zero attached hydrogens (tertiary/aromatic N) is 2. The molecule has 1 aromatic carbocycles. The molecule has 0 unspecified atom stereocenters. The van der Waals surface area contributed by atoms with E-state index in [4.69, 9.17) is 4.74 Å². The van der Waals surface area contributed by atoms with Gasteiger partial charge in [0.15, 0.2) is 0 Å². The minimum Gasteiger partial charge on any atom is -0.379 e. The SMILES string of the molecule is Cc1cc(NC(=O)C(=O)NCCN2CCOCC2)ccc1N1CCCC1=O. The highest BCUT2D eigenvalue weighted by Crippen LogP contribution is 2.27. The minimum absolute atomic E-state index is 0.120. The van der Waals surface area contributed by atoms with Crippen LogP contribution in [-0.4, -0.2) is 68.6 Å². The van der Waals surface area contributed by atoms with E-state index in [0.717, 1.165) is 37.3 Å². The van der Waals surface area contributed by atoms with Gasteiger partial charge in [0.25, 0.3) is 0 Å². The predicted molar refractivity (Wildman–Crippen MR) is 102 cm³/mol. The van der Waals surface area contributed by atoms with Gasteiger partial charge in [-0.3, -0.25) is 19.3 Å². The third-order valence-electron chi connectivity index (χ3n) is 4.84. The van der Waals surface area contributed by atoms with Crippen molar-refractivity contribution in [2.75, 3.05) is 56.2 Å². The smallest absolute Gasteiger partial charge is 0.313 e. The summed E-state index contributed by atoms with van der Waals surface area (Å²) in [4.78, 5) is 39.9. The molecule has 0 aromatic heterocycles. The van der Waals surface area contributed by atoms with Crippen LogP contribution in [0.1, 0.15) is 18.4 Å². The van der Waals surface area contributed by atoms with E-state index in [9.17, 15) is 14.4 Å². The molecule has 2 fully saturated rings. The van der Waals surface area contributed by atoms with Gasteiger partial charge in [0.2, 0.25) is 5.91 Å². The van der Waals surface area contributed by atoms with Gasteiger partial charge >= 0.3 is 11.8 Å². The second-order valence-electron chi connectivity index (χ2n) is 6.81. The van der Waals surface area contributed by atoms with Gasteiger partial charge in [0.1, 0.15) is 0 Å². The van der Waals surface area contributed by atoms with E-state index in [0.29, 0.717) is 38.4 Å². The molecule has 3 rings (SSSR count). The molecule has 2 aliphatic rings. The first-order chi connectivity index (χ1) is 13.0. The van der Waals surface area contributed by atoms with Gasteiger partial charge in [-0.1, -0.05) is 0 Å². The van der Waals surface area contributed by atoms with Crippen LogP contribution in [0.3, 0.4) is 0 Å². The molecule has 0 saturated carbocycles. The fraction of sp³-hybridized carbons (Fsp3) is 0.526. The number of aryl methyl sites for hydroxylation is 1. The quantitative estimate of drug-likeness (QED) is 0.733. The Balaban J connectivity index is 1.48. The molecule has 27 heavy (non-hydrogen) atoms. The Kier molecular flexibility index (Phi) is 6.41. The van der Waals surface area contributed by atoms with Crippen LogP contribution >= 0.6 is 0 Å². The van der Waals surface area contributed by atoms with Crippen molar-refractivity contribution in [2.24, 2.45) is 0 Å². The van der Waals surface area contributed by atoms with Crippen LogP contribution in [0, 0.1) is 6.92 Å². The van der Waals surface area contributed by atoms with Crippen molar-refractivity contribution in [1.82, 2.24) is 10.2 Å². The summed E-state index contributed by atoms with van der Waals surface area (Å²) in [5.74, 6) is -1.23. The number of carbonyl (C=O) groups is 3. The van der Waals surface area contributed by atoms with Crippen molar-refractivity contribution in [3.8, 4) is 0 Å². The van der Waals surface area contributed by atoms with Gasteiger partial charge in [0.05, 0.1) is 13.2 Å². The Labute approximate surface area is 158 Å². The van der Waals surface area contributed by atoms with E-state index in [-0.39, 0.29) is 5.91 Å². The van der Waals surface area contributed by atoms with Gasteiger partial charge in [-0.05, 0) is 37.1 Å². The van der Waals surface area contributed by atoms with Gasteiger partial charge in [-0.15, -0.1) is 0 Å². The number of hydrogen-bond donors (Lipinski definition) is 2. The first-order valence-electron chi connectivity index (χ1n) is 9.35. The number of benzene rings is 1. The maximum atomic E-state index is 12.1. The Hall–Kier alpha value is -2.45. The molecule has 8 heteroatoms. The number of amides is 3. The van der Waals surface area contributed by atoms with Gasteiger partial charge in [0, 0.05) is 50.5 Å². The molecule has 146 valence electrons. The maximum absolute atomic E-state index is 12.1. The van der Waals surface area contributed by atoms with Crippen molar-refractivity contribution < 1.29 is 19.1 Å². The van der Waals surface area contributed by atoms with Crippen LogP contribution in [0.15, 0.2) is 18.2 Å². The summed E-state index contributed by atoms with van der Waals surface area (Å²) < 4.78 is 5.27. The van der Waals surface area contributed by atoms with Crippen molar-refractivity contribution >= 4 is 29.1 Å². The summed E-state index contributed by atoms with van der Waals surface area (Å²) in [6.07, 6.45) is 1.43. The molecule has 2 N–H and O–H groups in total. The van der Waals surface area contributed by atoms with Crippen molar-refractivity contribution in [3.05, 3.63) is 23.8 Å². The summed E-state index contributed by atoms with van der Waals surface area (Å²) in [6.45, 7) is 6.80. The first-order valence-corrected chi connectivity index (χ1v) is 9.35. The average Bonchev–Trinajstić information content (AvgIpc) is 3.08. The molecule has 0 aliphatic carbocycles. The molecular formula is C19H26N4O4. The number of carbonyl (C=O) groups excluding carboxylic acids is 3. The molecule has 3 amide bonds. The van der Waals surface area contributed by atoms with Crippen LogP contribution < -0.4 is 15.5 Å². The number of ether oxygens (including phenoxy) is 1. The lowest BCUT2D eigenvalue weighted by molar-refractivity contribution is -0.136. The molecule has 0 atom stereocenters. The number of morpholine rings is 1. The summed E-state index contributed by atoms with van der Waals surface area (Å²) in [7, 11) is 0. The summed E-state index contributed by atoms with van der Waals surface area (Å²) in [5, 5.41) is 5.25. The Morgan fingerprint density at radius 2 is 1.93 bits per heavy atom. The Morgan fingerprint density at radius 1 is 1.15 bits per heavy atom. The number of rotatable bonds is 5. The zero-order valence-electron chi connectivity index (χ0n) is 15.6. The van der Waals surface area contributed by atoms with E-state index >= 15 is 0 Å². The molecule has 0 spiro atoms. The van der Waals surface area contributed by atoms with Crippen LogP contribution in [0.25, 0.3) is 0 Å². The number of nitrogens with one attached hydrogen (secondary N) is 2. The van der Waals surface area contributed by atoms with E-state index in [1.54, 1.807) is 17.0 Å². The van der Waals surface area contributed by atoms with Crippen LogP contribution in [-0.2, 0) is 19.1 Å². The topological polar surface area (TPSA) is 91.0 Å². The monoisotopic (exact) mass is 374 g/mol. The average molecular weight is 374 g/mol. The third kappa shape index (κ3) is 5.05. The molecule has 1 aromatic rings. The fourth-order valence-corrected chi connectivity index (χ4v) is 3.36. The third-order valence-corrected chi connectivity index (χ3v) is 4.84. The highest BCUT2D eigenvalue weighted by atomic mass is 16.5. The largest absolute Gasteiger partial charge is 0.379 e. The minimum atomic E-state index is -0.693. The second-order valence-corrected chi connectivity index (χ2v) is 6.81. The van der Waals surface area contributed by atoms with Gasteiger partial charge in [-0.25, -0.2) is 0 Å². The lowest BCUT2D eigenvalue weighted by Crippen LogP contribution is -2.43. The predicted octanol–water partition coefficient (Wildman–Crippen LogP) is 0.509. The van der Waals surface area contributed by atoms with E-state index in [1.165, 1.54) is 0 Å². The van der Waals surface area contributed by atoms with Gasteiger partial charge < -0.3 is 20.3 Å². The molecule has 2 heterocycles. The summed E-state index contributed by atoms with van der Waals surface area (Å²) in [5.41, 5.74) is 2.28. The van der Waals surface area contributed by atoms with E-state index in [1.807, 2.05) is 13.0 Å². The highest BCUT2D eigenvalue weighted by molar-refractivity contribution is 6.39. The fourth-order valence-electron chi connectivity index (χ4n) is 3.36. The molecule has 0 radical (unpaired) electrons. The lowest BCUT2D eigenvalue weighted by Gasteiger charge is -2.26. The maximum Gasteiger partial charge on any atom is 0.313 e. The zero-order chi connectivity index (χ0) is 19.2. The standard InChI is InChI=1S/C19H26N4O4/c1-14-13-15(4-5-16(14)23-7-2-3-17(23)24)21-19(26)18(25)20-6-8-22-9-11-27-12-10-22/h4-5,13H,2-3,6-12H2,1H3,(H,20,25)(H,21,26). The van der Waals surface area contributed by atoms with Crippen molar-refractivity contribution in [3.63, 3.8) is 0 Å². The molecule has 0 bridgehead atoms. The van der Waals surface area contributed by atoms with Crippen LogP contribution in [0.4, 0.5) is 11.4 Å². The highest BCUT2D eigenvalue weighted by Gasteiger charge is 2.23. The van der Waals surface area contributed by atoms with E-state index < -0.39 is 11.8 Å². The number of anilines is 2. The molecule has 2 aliphatic heterocycles. The number of hydrogen-bond acceptors (Lipinski definition) is 5. The van der Waals surface area contributed by atoms with Crippen molar-refractivity contribution in [2.45, 2.75) is 19.8 Å². The van der Waals surface area contributed by atoms with Gasteiger partial charge in [-0.2, -0.15) is 0 Å². The lowest BCUT2D eigenvalue weighted by atomic mass is 10.1. The zero-order valence-corrected chi connectivity index (χ0v) is 15.6. The normalized spacial score (nSPS) is 17.8. The van der Waals surface area contributed by atoms with Crippen LogP contribution in [0.2, 0.25) is 0 Å². The van der Waals surface area contributed by atoms with Crippen LogP contribution in [0.5, 0.6) is 0 Å². The molecule has 2 saturated heterocycles. The Bertz CT molecular complexity index is 716. The Morgan fingerprint density at radius 3 is 2.59 bits per heavy atom. The summed E-state index contributed by atoms with van der Waals surface area (Å²) >= 11 is 0. The van der Waals surface area contributed by atoms with Crippen molar-refractivity contribution in [1.29, 1.82) is 0 Å². The first kappa shape index (κ1) is 19.3. The molecular weight excluding hydrogens is 348 g/mol. The van der Waals surface area contributed by atoms with E-state index in [2.05, 4.69) is 15.5 Å². The molecule has 8 nitrogen and oxygen atoms in total.